The molecule has 1 aliphatic heterocycles. The van der Waals surface area contributed by atoms with Gasteiger partial charge in [-0.05, 0) is 30.5 Å². The van der Waals surface area contributed by atoms with Gasteiger partial charge in [-0.2, -0.15) is 5.10 Å². The number of morpholine rings is 1. The van der Waals surface area contributed by atoms with Gasteiger partial charge in [0.25, 0.3) is 0 Å². The van der Waals surface area contributed by atoms with E-state index in [1.165, 1.54) is 24.1 Å². The number of rotatable bonds is 8. The first kappa shape index (κ1) is 19.1. The molecule has 0 aromatic carbocycles. The lowest BCUT2D eigenvalue weighted by Gasteiger charge is -2.28. The molecule has 1 saturated carbocycles. The van der Waals surface area contributed by atoms with Crippen molar-refractivity contribution < 1.29 is 9.53 Å². The van der Waals surface area contributed by atoms with E-state index in [1.807, 2.05) is 37.6 Å². The molecule has 0 radical (unpaired) electrons. The van der Waals surface area contributed by atoms with Crippen LogP contribution in [0.4, 0.5) is 0 Å². The summed E-state index contributed by atoms with van der Waals surface area (Å²) >= 11 is 0. The summed E-state index contributed by atoms with van der Waals surface area (Å²) in [6.07, 6.45) is 8.02. The predicted molar refractivity (Wildman–Crippen MR) is 107 cm³/mol. The van der Waals surface area contributed by atoms with E-state index < -0.39 is 0 Å². The molecule has 2 aromatic rings. The number of aromatic nitrogens is 3. The maximum Gasteiger partial charge on any atom is 0.224 e. The van der Waals surface area contributed by atoms with Crippen molar-refractivity contribution in [1.82, 2.24) is 25.0 Å². The minimum Gasteiger partial charge on any atom is -0.379 e. The van der Waals surface area contributed by atoms with Gasteiger partial charge in [-0.1, -0.05) is 6.92 Å². The first-order valence-electron chi connectivity index (χ1n) is 10.3. The van der Waals surface area contributed by atoms with E-state index in [0.29, 0.717) is 19.0 Å². The molecule has 2 fully saturated rings. The number of hydrogen-bond acceptors (Lipinski definition) is 5. The third-order valence-corrected chi connectivity index (χ3v) is 5.54. The van der Waals surface area contributed by atoms with E-state index in [0.717, 1.165) is 38.4 Å². The highest BCUT2D eigenvalue weighted by Gasteiger charge is 2.30. The molecule has 7 nitrogen and oxygen atoms in total. The van der Waals surface area contributed by atoms with E-state index >= 15 is 0 Å². The first-order valence-corrected chi connectivity index (χ1v) is 10.3. The molecule has 1 amide bonds. The molecule has 7 heteroatoms. The summed E-state index contributed by atoms with van der Waals surface area (Å²) in [5.74, 6) is 0.675. The highest BCUT2D eigenvalue weighted by Crippen LogP contribution is 2.44. The van der Waals surface area contributed by atoms with Crippen LogP contribution < -0.4 is 5.32 Å². The molecule has 4 rings (SSSR count). The zero-order valence-corrected chi connectivity index (χ0v) is 16.5. The van der Waals surface area contributed by atoms with Gasteiger partial charge in [0.15, 0.2) is 0 Å². The number of nitrogens with one attached hydrogen (secondary N) is 1. The van der Waals surface area contributed by atoms with Gasteiger partial charge in [0.1, 0.15) is 0 Å². The molecule has 2 aromatic heterocycles. The number of nitrogens with zero attached hydrogens (tertiary/aromatic N) is 4. The molecule has 28 heavy (non-hydrogen) atoms. The Morgan fingerprint density at radius 3 is 2.75 bits per heavy atom. The molecule has 1 N–H and O–H groups in total. The molecule has 2 aliphatic rings. The van der Waals surface area contributed by atoms with Gasteiger partial charge in [0.2, 0.25) is 5.91 Å². The maximum absolute atomic E-state index is 12.5. The Labute approximate surface area is 166 Å². The molecule has 3 heterocycles. The highest BCUT2D eigenvalue weighted by molar-refractivity contribution is 5.78. The minimum absolute atomic E-state index is 0.0222. The van der Waals surface area contributed by atoms with Crippen LogP contribution in [-0.2, 0) is 16.1 Å². The molecule has 1 unspecified atom stereocenters. The van der Waals surface area contributed by atoms with Crippen molar-refractivity contribution in [3.63, 3.8) is 0 Å². The molecule has 1 saturated heterocycles. The van der Waals surface area contributed by atoms with Crippen molar-refractivity contribution in [1.29, 1.82) is 0 Å². The summed E-state index contributed by atoms with van der Waals surface area (Å²) in [5, 5.41) is 7.70. The Morgan fingerprint density at radius 2 is 2.04 bits per heavy atom. The number of carbonyl (C=O) groups is 1. The zero-order valence-electron chi connectivity index (χ0n) is 16.5. The molecule has 1 aliphatic carbocycles. The molecular weight excluding hydrogens is 354 g/mol. The fourth-order valence-electron chi connectivity index (χ4n) is 3.83. The van der Waals surface area contributed by atoms with Crippen LogP contribution in [0.3, 0.4) is 0 Å². The van der Waals surface area contributed by atoms with Gasteiger partial charge < -0.3 is 10.1 Å². The lowest BCUT2D eigenvalue weighted by atomic mass is 10.1. The number of hydrogen-bond donors (Lipinski definition) is 1. The smallest absolute Gasteiger partial charge is 0.224 e. The van der Waals surface area contributed by atoms with Gasteiger partial charge in [0, 0.05) is 61.7 Å². The SMILES string of the molecule is CC(CN1CCOCC1)C(=O)NCCn1ncc(-c2ccncc2)c1C1CC1. The third kappa shape index (κ3) is 4.59. The standard InChI is InChI=1S/C21H29N5O2/c1-16(15-25-10-12-28-13-11-25)21(27)23-8-9-26-20(18-2-3-18)19(14-24-26)17-4-6-22-7-5-17/h4-7,14,16,18H,2-3,8-13,15H2,1H3,(H,23,27). The lowest BCUT2D eigenvalue weighted by Crippen LogP contribution is -2.43. The van der Waals surface area contributed by atoms with Crippen LogP contribution in [-0.4, -0.2) is 65.0 Å². The predicted octanol–water partition coefficient (Wildman–Crippen LogP) is 1.91. The topological polar surface area (TPSA) is 72.3 Å². The molecular formula is C21H29N5O2. The first-order chi connectivity index (χ1) is 13.7. The van der Waals surface area contributed by atoms with Crippen LogP contribution in [0.1, 0.15) is 31.4 Å². The lowest BCUT2D eigenvalue weighted by molar-refractivity contribution is -0.125. The van der Waals surface area contributed by atoms with Crippen molar-refractivity contribution in [3.05, 3.63) is 36.4 Å². The maximum atomic E-state index is 12.5. The fraction of sp³-hybridized carbons (Fsp3) is 0.571. The highest BCUT2D eigenvalue weighted by atomic mass is 16.5. The van der Waals surface area contributed by atoms with Gasteiger partial charge in [-0.25, -0.2) is 0 Å². The monoisotopic (exact) mass is 383 g/mol. The van der Waals surface area contributed by atoms with Crippen LogP contribution >= 0.6 is 0 Å². The van der Waals surface area contributed by atoms with Gasteiger partial charge in [-0.15, -0.1) is 0 Å². The molecule has 0 spiro atoms. The van der Waals surface area contributed by atoms with Crippen molar-refractivity contribution in [3.8, 4) is 11.1 Å². The summed E-state index contributed by atoms with van der Waals surface area (Å²) in [5.41, 5.74) is 3.64. The average molecular weight is 383 g/mol. The Morgan fingerprint density at radius 1 is 1.29 bits per heavy atom. The number of carbonyl (C=O) groups excluding carboxylic acids is 1. The second kappa shape index (κ2) is 8.84. The van der Waals surface area contributed by atoms with Crippen molar-refractivity contribution in [2.24, 2.45) is 5.92 Å². The molecule has 0 bridgehead atoms. The van der Waals surface area contributed by atoms with Crippen LogP contribution in [0.25, 0.3) is 11.1 Å². The van der Waals surface area contributed by atoms with Crippen LogP contribution in [0.2, 0.25) is 0 Å². The van der Waals surface area contributed by atoms with Crippen LogP contribution in [0.15, 0.2) is 30.7 Å². The largest absolute Gasteiger partial charge is 0.379 e. The van der Waals surface area contributed by atoms with Crippen molar-refractivity contribution >= 4 is 5.91 Å². The normalized spacial score (nSPS) is 18.8. The van der Waals surface area contributed by atoms with Crippen molar-refractivity contribution in [2.45, 2.75) is 32.2 Å². The van der Waals surface area contributed by atoms with Crippen molar-refractivity contribution in [2.75, 3.05) is 39.4 Å². The number of amides is 1. The summed E-state index contributed by atoms with van der Waals surface area (Å²) < 4.78 is 7.44. The minimum atomic E-state index is -0.0222. The summed E-state index contributed by atoms with van der Waals surface area (Å²) in [6, 6.07) is 4.06. The van der Waals surface area contributed by atoms with Crippen LogP contribution in [0.5, 0.6) is 0 Å². The summed E-state index contributed by atoms with van der Waals surface area (Å²) in [4.78, 5) is 18.9. The summed E-state index contributed by atoms with van der Waals surface area (Å²) in [6.45, 7) is 7.43. The zero-order chi connectivity index (χ0) is 19.3. The number of pyridine rings is 1. The average Bonchev–Trinajstić information content (AvgIpc) is 3.48. The quantitative estimate of drug-likeness (QED) is 0.754. The van der Waals surface area contributed by atoms with E-state index in [2.05, 4.69) is 25.0 Å². The van der Waals surface area contributed by atoms with Crippen LogP contribution in [0, 0.1) is 5.92 Å². The van der Waals surface area contributed by atoms with E-state index in [1.54, 1.807) is 0 Å². The van der Waals surface area contributed by atoms with Gasteiger partial charge in [-0.3, -0.25) is 19.4 Å². The van der Waals surface area contributed by atoms with E-state index in [4.69, 9.17) is 4.74 Å². The fourth-order valence-corrected chi connectivity index (χ4v) is 3.83. The van der Waals surface area contributed by atoms with Gasteiger partial charge >= 0.3 is 0 Å². The Hall–Kier alpha value is -2.25. The second-order valence-electron chi connectivity index (χ2n) is 7.78. The van der Waals surface area contributed by atoms with E-state index in [-0.39, 0.29) is 11.8 Å². The number of ether oxygens (including phenoxy) is 1. The third-order valence-electron chi connectivity index (χ3n) is 5.54. The summed E-state index contributed by atoms with van der Waals surface area (Å²) in [7, 11) is 0. The molecule has 1 atom stereocenters. The van der Waals surface area contributed by atoms with E-state index in [9.17, 15) is 4.79 Å². The van der Waals surface area contributed by atoms with Gasteiger partial charge in [0.05, 0.1) is 26.0 Å². The Kier molecular flexibility index (Phi) is 6.02. The Balaban J connectivity index is 1.32. The second-order valence-corrected chi connectivity index (χ2v) is 7.78. The Bertz CT molecular complexity index is 781. The molecule has 150 valence electrons.